The predicted molar refractivity (Wildman–Crippen MR) is 107 cm³/mol. The number of benzene rings is 2. The van der Waals surface area contributed by atoms with Gasteiger partial charge in [-0.25, -0.2) is 0 Å². The summed E-state index contributed by atoms with van der Waals surface area (Å²) in [7, 11) is 1.59. The molecular formula is C22H20N2O3S. The van der Waals surface area contributed by atoms with Crippen molar-refractivity contribution in [1.29, 1.82) is 5.26 Å². The second-order valence-electron chi connectivity index (χ2n) is 7.06. The number of aryl methyl sites for hydroxylation is 1. The highest BCUT2D eigenvalue weighted by atomic mass is 32.2. The molecule has 2 aliphatic heterocycles. The summed E-state index contributed by atoms with van der Waals surface area (Å²) >= 11 is 1.36. The molecule has 2 aromatic carbocycles. The molecule has 28 heavy (non-hydrogen) atoms. The molecule has 0 aliphatic carbocycles. The highest BCUT2D eigenvalue weighted by Crippen LogP contribution is 2.51. The second kappa shape index (κ2) is 7.01. The van der Waals surface area contributed by atoms with Gasteiger partial charge >= 0.3 is 0 Å². The summed E-state index contributed by atoms with van der Waals surface area (Å²) in [6, 6.07) is 17.3. The van der Waals surface area contributed by atoms with Gasteiger partial charge in [-0.15, -0.1) is 11.8 Å². The Kier molecular flexibility index (Phi) is 4.66. The molecule has 2 heterocycles. The average molecular weight is 392 g/mol. The molecule has 0 aromatic heterocycles. The molecule has 2 atom stereocenters. The van der Waals surface area contributed by atoms with Crippen LogP contribution in [-0.2, 0) is 10.5 Å². The second-order valence-corrected chi connectivity index (χ2v) is 8.03. The first-order valence-electron chi connectivity index (χ1n) is 9.01. The SMILES string of the molecule is COc1cccc(C2CC(=O)N3C(=C2C#N)SCC3(O)c2ccc(C)cc2)c1. The lowest BCUT2D eigenvalue weighted by molar-refractivity contribution is -0.149. The van der Waals surface area contributed by atoms with Gasteiger partial charge in [0.25, 0.3) is 0 Å². The lowest BCUT2D eigenvalue weighted by atomic mass is 9.85. The largest absolute Gasteiger partial charge is 0.497 e. The lowest BCUT2D eigenvalue weighted by Gasteiger charge is -2.38. The van der Waals surface area contributed by atoms with Crippen molar-refractivity contribution in [2.24, 2.45) is 0 Å². The van der Waals surface area contributed by atoms with E-state index < -0.39 is 5.72 Å². The molecule has 1 amide bonds. The molecule has 0 bridgehead atoms. The number of ether oxygens (including phenoxy) is 1. The molecule has 0 saturated carbocycles. The van der Waals surface area contributed by atoms with E-state index in [0.29, 0.717) is 27.7 Å². The summed E-state index contributed by atoms with van der Waals surface area (Å²) in [5.41, 5.74) is 1.68. The van der Waals surface area contributed by atoms with E-state index in [1.807, 2.05) is 55.5 Å². The Morgan fingerprint density at radius 2 is 2.04 bits per heavy atom. The molecule has 5 nitrogen and oxygen atoms in total. The number of amides is 1. The van der Waals surface area contributed by atoms with Crippen LogP contribution in [0.3, 0.4) is 0 Å². The zero-order valence-corrected chi connectivity index (χ0v) is 16.5. The molecule has 0 radical (unpaired) electrons. The molecule has 0 spiro atoms. The van der Waals surface area contributed by atoms with E-state index in [0.717, 1.165) is 11.1 Å². The number of carbonyl (C=O) groups excluding carboxylic acids is 1. The molecule has 2 unspecified atom stereocenters. The van der Waals surface area contributed by atoms with E-state index in [1.165, 1.54) is 16.7 Å². The fourth-order valence-corrected chi connectivity index (χ4v) is 5.16. The monoisotopic (exact) mass is 392 g/mol. The van der Waals surface area contributed by atoms with Crippen molar-refractivity contribution in [3.8, 4) is 11.8 Å². The Bertz CT molecular complexity index is 1010. The van der Waals surface area contributed by atoms with E-state index in [2.05, 4.69) is 6.07 Å². The molecule has 4 rings (SSSR count). The highest BCUT2D eigenvalue weighted by Gasteiger charge is 2.51. The number of carbonyl (C=O) groups is 1. The van der Waals surface area contributed by atoms with Gasteiger partial charge in [0.1, 0.15) is 5.75 Å². The summed E-state index contributed by atoms with van der Waals surface area (Å²) in [6.45, 7) is 1.97. The summed E-state index contributed by atoms with van der Waals surface area (Å²) in [6.07, 6.45) is 0.133. The van der Waals surface area contributed by atoms with Crippen LogP contribution in [0.25, 0.3) is 0 Å². The fraction of sp³-hybridized carbons (Fsp3) is 0.273. The van der Waals surface area contributed by atoms with Crippen molar-refractivity contribution in [2.45, 2.75) is 25.0 Å². The molecule has 142 valence electrons. The van der Waals surface area contributed by atoms with Gasteiger partial charge in [0.15, 0.2) is 5.72 Å². The first kappa shape index (κ1) is 18.6. The predicted octanol–water partition coefficient (Wildman–Crippen LogP) is 3.65. The number of fused-ring (bicyclic) bond motifs is 1. The van der Waals surface area contributed by atoms with Gasteiger partial charge in [-0.1, -0.05) is 42.0 Å². The van der Waals surface area contributed by atoms with Gasteiger partial charge in [0.05, 0.1) is 29.5 Å². The van der Waals surface area contributed by atoms with Crippen LogP contribution in [0.5, 0.6) is 5.75 Å². The van der Waals surface area contributed by atoms with E-state index in [9.17, 15) is 15.2 Å². The van der Waals surface area contributed by atoms with E-state index >= 15 is 0 Å². The minimum Gasteiger partial charge on any atom is -0.497 e. The Hall–Kier alpha value is -2.75. The van der Waals surface area contributed by atoms with E-state index in [-0.39, 0.29) is 18.2 Å². The minimum atomic E-state index is -1.44. The van der Waals surface area contributed by atoms with Crippen LogP contribution < -0.4 is 4.74 Å². The molecule has 2 aliphatic rings. The van der Waals surface area contributed by atoms with Crippen LogP contribution in [0.4, 0.5) is 0 Å². The summed E-state index contributed by atoms with van der Waals surface area (Å²) in [4.78, 5) is 14.5. The van der Waals surface area contributed by atoms with Crippen molar-refractivity contribution in [3.63, 3.8) is 0 Å². The topological polar surface area (TPSA) is 73.6 Å². The maximum Gasteiger partial charge on any atom is 0.231 e. The third-order valence-corrected chi connectivity index (χ3v) is 6.54. The Morgan fingerprint density at radius 3 is 2.71 bits per heavy atom. The Balaban J connectivity index is 1.79. The summed E-state index contributed by atoms with van der Waals surface area (Å²) < 4.78 is 5.29. The normalized spacial score (nSPS) is 24.1. The number of thioether (sulfide) groups is 1. The third-order valence-electron chi connectivity index (χ3n) is 5.32. The summed E-state index contributed by atoms with van der Waals surface area (Å²) in [5, 5.41) is 21.8. The van der Waals surface area contributed by atoms with Crippen molar-refractivity contribution >= 4 is 17.7 Å². The number of hydrogen-bond donors (Lipinski definition) is 1. The Morgan fingerprint density at radius 1 is 1.29 bits per heavy atom. The molecule has 2 aromatic rings. The summed E-state index contributed by atoms with van der Waals surface area (Å²) in [5.74, 6) is 0.458. The zero-order chi connectivity index (χ0) is 19.9. The standard InChI is InChI=1S/C22H20N2O3S/c1-14-6-8-16(9-7-14)22(26)13-28-21-19(12-23)18(11-20(25)24(21)22)15-4-3-5-17(10-15)27-2/h3-10,18,26H,11,13H2,1-2H3. The first-order chi connectivity index (χ1) is 13.5. The molecule has 1 N–H and O–H groups in total. The van der Waals surface area contributed by atoms with Gasteiger partial charge in [-0.05, 0) is 24.6 Å². The number of allylic oxidation sites excluding steroid dienone is 1. The number of hydrogen-bond acceptors (Lipinski definition) is 5. The molecule has 6 heteroatoms. The van der Waals surface area contributed by atoms with Gasteiger partial charge in [-0.3, -0.25) is 9.69 Å². The van der Waals surface area contributed by atoms with Gasteiger partial charge in [0, 0.05) is 17.9 Å². The maximum atomic E-state index is 13.1. The van der Waals surface area contributed by atoms with Crippen LogP contribution in [0.1, 0.15) is 29.0 Å². The number of aliphatic hydroxyl groups is 1. The van der Waals surface area contributed by atoms with Gasteiger partial charge in [-0.2, -0.15) is 5.26 Å². The quantitative estimate of drug-likeness (QED) is 0.863. The molecular weight excluding hydrogens is 372 g/mol. The molecule has 1 saturated heterocycles. The molecule has 1 fully saturated rings. The number of nitrogens with zero attached hydrogens (tertiary/aromatic N) is 2. The Labute approximate surface area is 168 Å². The lowest BCUT2D eigenvalue weighted by Crippen LogP contribution is -2.48. The minimum absolute atomic E-state index is 0.133. The van der Waals surface area contributed by atoms with Crippen LogP contribution in [0.15, 0.2) is 59.1 Å². The van der Waals surface area contributed by atoms with Crippen LogP contribution in [0.2, 0.25) is 0 Å². The van der Waals surface area contributed by atoms with Crippen LogP contribution >= 0.6 is 11.8 Å². The van der Waals surface area contributed by atoms with E-state index in [4.69, 9.17) is 4.74 Å². The average Bonchev–Trinajstić information content (AvgIpc) is 3.07. The maximum absolute atomic E-state index is 13.1. The highest BCUT2D eigenvalue weighted by molar-refractivity contribution is 8.03. The van der Waals surface area contributed by atoms with Crippen LogP contribution in [-0.4, -0.2) is 28.8 Å². The third kappa shape index (κ3) is 2.88. The van der Waals surface area contributed by atoms with Crippen molar-refractivity contribution in [2.75, 3.05) is 12.9 Å². The van der Waals surface area contributed by atoms with Gasteiger partial charge < -0.3 is 9.84 Å². The van der Waals surface area contributed by atoms with E-state index in [1.54, 1.807) is 7.11 Å². The van der Waals surface area contributed by atoms with Gasteiger partial charge in [0.2, 0.25) is 5.91 Å². The fourth-order valence-electron chi connectivity index (χ4n) is 3.80. The number of methoxy groups -OCH3 is 1. The zero-order valence-electron chi connectivity index (χ0n) is 15.7. The van der Waals surface area contributed by atoms with Crippen molar-refractivity contribution < 1.29 is 14.6 Å². The van der Waals surface area contributed by atoms with Crippen molar-refractivity contribution in [3.05, 3.63) is 75.8 Å². The first-order valence-corrected chi connectivity index (χ1v) is 10.00. The van der Waals surface area contributed by atoms with Crippen LogP contribution in [0, 0.1) is 18.3 Å². The number of nitriles is 1. The number of rotatable bonds is 3. The van der Waals surface area contributed by atoms with Crippen molar-refractivity contribution in [1.82, 2.24) is 4.90 Å². The smallest absolute Gasteiger partial charge is 0.231 e.